The third-order valence-corrected chi connectivity index (χ3v) is 2.66. The molecular weight excluding hydrogens is 198 g/mol. The van der Waals surface area contributed by atoms with Gasteiger partial charge in [0.2, 0.25) is 5.91 Å². The summed E-state index contributed by atoms with van der Waals surface area (Å²) in [6.45, 7) is 4.91. The van der Waals surface area contributed by atoms with Crippen molar-refractivity contribution in [2.45, 2.75) is 33.1 Å². The van der Waals surface area contributed by atoms with E-state index in [9.17, 15) is 4.79 Å². The Morgan fingerprint density at radius 3 is 2.62 bits per heavy atom. The number of carbonyl (C=O) groups is 1. The summed E-state index contributed by atoms with van der Waals surface area (Å²) >= 11 is 0. The summed E-state index contributed by atoms with van der Waals surface area (Å²) in [7, 11) is 0. The minimum Gasteiger partial charge on any atom is -0.356 e. The molecule has 0 radical (unpaired) electrons. The van der Waals surface area contributed by atoms with Crippen LogP contribution in [0.4, 0.5) is 0 Å². The largest absolute Gasteiger partial charge is 0.356 e. The van der Waals surface area contributed by atoms with Crippen molar-refractivity contribution in [2.24, 2.45) is 5.92 Å². The van der Waals surface area contributed by atoms with Gasteiger partial charge >= 0.3 is 0 Å². The van der Waals surface area contributed by atoms with E-state index in [2.05, 4.69) is 24.4 Å². The molecule has 1 aromatic rings. The third-order valence-electron chi connectivity index (χ3n) is 2.66. The van der Waals surface area contributed by atoms with Crippen LogP contribution in [0.25, 0.3) is 0 Å². The van der Waals surface area contributed by atoms with E-state index in [-0.39, 0.29) is 11.8 Å². The lowest BCUT2D eigenvalue weighted by molar-refractivity contribution is -0.124. The summed E-state index contributed by atoms with van der Waals surface area (Å²) in [5, 5.41) is 2.96. The number of hydrogen-bond donors (Lipinski definition) is 1. The molecule has 0 aliphatic carbocycles. The van der Waals surface area contributed by atoms with Gasteiger partial charge in [0, 0.05) is 12.5 Å². The Labute approximate surface area is 98.1 Å². The van der Waals surface area contributed by atoms with Crippen LogP contribution < -0.4 is 5.32 Å². The topological polar surface area (TPSA) is 29.1 Å². The fourth-order valence-corrected chi connectivity index (χ4v) is 1.62. The van der Waals surface area contributed by atoms with Gasteiger partial charge in [0.25, 0.3) is 0 Å². The molecular formula is C14H21NO. The molecule has 0 fully saturated rings. The molecule has 16 heavy (non-hydrogen) atoms. The SMILES string of the molecule is CCCCNC(=O)C(C)Cc1ccccc1. The summed E-state index contributed by atoms with van der Waals surface area (Å²) in [5.74, 6) is 0.219. The van der Waals surface area contributed by atoms with Gasteiger partial charge in [-0.2, -0.15) is 0 Å². The molecule has 1 atom stereocenters. The van der Waals surface area contributed by atoms with E-state index >= 15 is 0 Å². The average Bonchev–Trinajstić information content (AvgIpc) is 2.30. The molecule has 0 saturated heterocycles. The van der Waals surface area contributed by atoms with E-state index in [1.807, 2.05) is 25.1 Å². The Kier molecular flexibility index (Phi) is 5.62. The van der Waals surface area contributed by atoms with Gasteiger partial charge < -0.3 is 5.32 Å². The van der Waals surface area contributed by atoms with E-state index in [1.165, 1.54) is 5.56 Å². The lowest BCUT2D eigenvalue weighted by Crippen LogP contribution is -2.30. The van der Waals surface area contributed by atoms with Crippen molar-refractivity contribution >= 4 is 5.91 Å². The highest BCUT2D eigenvalue weighted by Crippen LogP contribution is 2.08. The number of amides is 1. The van der Waals surface area contributed by atoms with Crippen LogP contribution in [0.3, 0.4) is 0 Å². The van der Waals surface area contributed by atoms with Gasteiger partial charge in [-0.05, 0) is 18.4 Å². The molecule has 1 amide bonds. The quantitative estimate of drug-likeness (QED) is 0.732. The van der Waals surface area contributed by atoms with Crippen molar-refractivity contribution in [3.05, 3.63) is 35.9 Å². The van der Waals surface area contributed by atoms with Crippen LogP contribution in [0, 0.1) is 5.92 Å². The normalized spacial score (nSPS) is 12.1. The molecule has 0 heterocycles. The summed E-state index contributed by atoms with van der Waals surface area (Å²) in [5.41, 5.74) is 1.22. The molecule has 1 unspecified atom stereocenters. The highest BCUT2D eigenvalue weighted by atomic mass is 16.1. The van der Waals surface area contributed by atoms with E-state index < -0.39 is 0 Å². The molecule has 1 N–H and O–H groups in total. The zero-order chi connectivity index (χ0) is 11.8. The van der Waals surface area contributed by atoms with Gasteiger partial charge in [-0.3, -0.25) is 4.79 Å². The Morgan fingerprint density at radius 2 is 2.00 bits per heavy atom. The standard InChI is InChI=1S/C14H21NO/c1-3-4-10-15-14(16)12(2)11-13-8-6-5-7-9-13/h5-9,12H,3-4,10-11H2,1-2H3,(H,15,16). The van der Waals surface area contributed by atoms with Gasteiger partial charge in [-0.15, -0.1) is 0 Å². The van der Waals surface area contributed by atoms with Crippen LogP contribution in [0.15, 0.2) is 30.3 Å². The maximum absolute atomic E-state index is 11.7. The molecule has 0 aliphatic rings. The maximum atomic E-state index is 11.7. The highest BCUT2D eigenvalue weighted by molar-refractivity contribution is 5.78. The lowest BCUT2D eigenvalue weighted by atomic mass is 10.0. The average molecular weight is 219 g/mol. The van der Waals surface area contributed by atoms with Crippen LogP contribution in [-0.4, -0.2) is 12.5 Å². The van der Waals surface area contributed by atoms with Crippen molar-refractivity contribution in [1.29, 1.82) is 0 Å². The van der Waals surface area contributed by atoms with Crippen LogP contribution in [0.5, 0.6) is 0 Å². The Morgan fingerprint density at radius 1 is 1.31 bits per heavy atom. The van der Waals surface area contributed by atoms with E-state index in [0.29, 0.717) is 0 Å². The number of carbonyl (C=O) groups excluding carboxylic acids is 1. The molecule has 0 bridgehead atoms. The second kappa shape index (κ2) is 7.04. The first-order valence-electron chi connectivity index (χ1n) is 6.05. The van der Waals surface area contributed by atoms with Gasteiger partial charge in [-0.25, -0.2) is 0 Å². The van der Waals surface area contributed by atoms with Gasteiger partial charge in [0.1, 0.15) is 0 Å². The van der Waals surface area contributed by atoms with Gasteiger partial charge in [0.15, 0.2) is 0 Å². The van der Waals surface area contributed by atoms with Crippen molar-refractivity contribution in [1.82, 2.24) is 5.32 Å². The van der Waals surface area contributed by atoms with Crippen LogP contribution >= 0.6 is 0 Å². The minimum atomic E-state index is 0.0549. The molecule has 0 spiro atoms. The summed E-state index contributed by atoms with van der Waals surface area (Å²) in [4.78, 5) is 11.7. The minimum absolute atomic E-state index is 0.0549. The molecule has 0 aromatic heterocycles. The Bertz CT molecular complexity index is 308. The number of hydrogen-bond acceptors (Lipinski definition) is 1. The highest BCUT2D eigenvalue weighted by Gasteiger charge is 2.12. The second-order valence-electron chi connectivity index (χ2n) is 4.24. The predicted molar refractivity (Wildman–Crippen MR) is 67.2 cm³/mol. The van der Waals surface area contributed by atoms with Gasteiger partial charge in [-0.1, -0.05) is 50.6 Å². The number of unbranched alkanes of at least 4 members (excludes halogenated alkanes) is 1. The monoisotopic (exact) mass is 219 g/mol. The fourth-order valence-electron chi connectivity index (χ4n) is 1.62. The van der Waals surface area contributed by atoms with Crippen LogP contribution in [0.1, 0.15) is 32.3 Å². The molecule has 1 aromatic carbocycles. The van der Waals surface area contributed by atoms with Crippen molar-refractivity contribution in [3.8, 4) is 0 Å². The van der Waals surface area contributed by atoms with E-state index in [1.54, 1.807) is 0 Å². The number of rotatable bonds is 6. The van der Waals surface area contributed by atoms with Crippen molar-refractivity contribution < 1.29 is 4.79 Å². The third kappa shape index (κ3) is 4.47. The van der Waals surface area contributed by atoms with Crippen molar-refractivity contribution in [2.75, 3.05) is 6.54 Å². The second-order valence-corrected chi connectivity index (χ2v) is 4.24. The predicted octanol–water partition coefficient (Wildman–Crippen LogP) is 2.78. The molecule has 2 heteroatoms. The summed E-state index contributed by atoms with van der Waals surface area (Å²) < 4.78 is 0. The Hall–Kier alpha value is -1.31. The fraction of sp³-hybridized carbons (Fsp3) is 0.500. The molecule has 0 aliphatic heterocycles. The lowest BCUT2D eigenvalue weighted by Gasteiger charge is -2.11. The smallest absolute Gasteiger partial charge is 0.223 e. The molecule has 88 valence electrons. The van der Waals surface area contributed by atoms with Crippen LogP contribution in [-0.2, 0) is 11.2 Å². The summed E-state index contributed by atoms with van der Waals surface area (Å²) in [6.07, 6.45) is 3.00. The molecule has 0 saturated carbocycles. The first-order valence-corrected chi connectivity index (χ1v) is 6.05. The maximum Gasteiger partial charge on any atom is 0.223 e. The number of benzene rings is 1. The Balaban J connectivity index is 2.34. The first-order chi connectivity index (χ1) is 7.74. The van der Waals surface area contributed by atoms with Crippen LogP contribution in [0.2, 0.25) is 0 Å². The van der Waals surface area contributed by atoms with E-state index in [4.69, 9.17) is 0 Å². The summed E-state index contributed by atoms with van der Waals surface area (Å²) in [6, 6.07) is 10.1. The molecule has 1 rings (SSSR count). The zero-order valence-corrected chi connectivity index (χ0v) is 10.2. The number of nitrogens with one attached hydrogen (secondary N) is 1. The van der Waals surface area contributed by atoms with Gasteiger partial charge in [0.05, 0.1) is 0 Å². The first kappa shape index (κ1) is 12.8. The van der Waals surface area contributed by atoms with Crippen molar-refractivity contribution in [3.63, 3.8) is 0 Å². The molecule has 2 nitrogen and oxygen atoms in total. The van der Waals surface area contributed by atoms with E-state index in [0.717, 1.165) is 25.8 Å². The zero-order valence-electron chi connectivity index (χ0n) is 10.2.